The molecule has 2 heterocycles. The first kappa shape index (κ1) is 19.6. The molecular formula is C16H12F3N3O5S. The average molecular weight is 415 g/mol. The van der Waals surface area contributed by atoms with Gasteiger partial charge in [-0.15, -0.1) is 0 Å². The Hall–Kier alpha value is -3.15. The van der Waals surface area contributed by atoms with Crippen LogP contribution >= 0.6 is 0 Å². The van der Waals surface area contributed by atoms with Crippen molar-refractivity contribution in [2.75, 3.05) is 6.61 Å². The second-order valence-corrected chi connectivity index (χ2v) is 6.87. The van der Waals surface area contributed by atoms with Crippen molar-refractivity contribution in [3.8, 4) is 17.0 Å². The van der Waals surface area contributed by atoms with Gasteiger partial charge in [-0.25, -0.2) is 14.3 Å². The standard InChI is InChI=1S/C16H12F3N3O5S/c1-2-26-15(23)12-9-20-14-8-7-11(21-22(12)14)10-5-3-4-6-13(10)27-28(24,25)16(17,18)19/h3-9H,2H2,1H3. The minimum Gasteiger partial charge on any atom is -0.461 e. The number of nitrogens with zero attached hydrogens (tertiary/aromatic N) is 3. The lowest BCUT2D eigenvalue weighted by atomic mass is 10.1. The number of carbonyl (C=O) groups is 1. The van der Waals surface area contributed by atoms with Gasteiger partial charge in [-0.2, -0.15) is 26.7 Å². The van der Waals surface area contributed by atoms with Crippen molar-refractivity contribution in [1.82, 2.24) is 14.6 Å². The van der Waals surface area contributed by atoms with Gasteiger partial charge in [0.2, 0.25) is 0 Å². The van der Waals surface area contributed by atoms with E-state index in [2.05, 4.69) is 14.3 Å². The summed E-state index contributed by atoms with van der Waals surface area (Å²) in [7, 11) is -5.86. The van der Waals surface area contributed by atoms with Gasteiger partial charge in [-0.3, -0.25) is 0 Å². The van der Waals surface area contributed by atoms with Crippen molar-refractivity contribution >= 4 is 21.7 Å². The molecule has 2 aromatic heterocycles. The monoisotopic (exact) mass is 415 g/mol. The van der Waals surface area contributed by atoms with Gasteiger partial charge in [0, 0.05) is 5.56 Å². The van der Waals surface area contributed by atoms with E-state index >= 15 is 0 Å². The highest BCUT2D eigenvalue weighted by atomic mass is 32.2. The Bertz CT molecular complexity index is 1140. The fourth-order valence-corrected chi connectivity index (χ4v) is 2.75. The van der Waals surface area contributed by atoms with E-state index in [0.717, 1.165) is 10.6 Å². The maximum absolute atomic E-state index is 12.6. The number of halogens is 3. The highest BCUT2D eigenvalue weighted by Crippen LogP contribution is 2.33. The zero-order valence-corrected chi connectivity index (χ0v) is 15.0. The molecule has 0 spiro atoms. The lowest BCUT2D eigenvalue weighted by Gasteiger charge is -2.12. The average Bonchev–Trinajstić information content (AvgIpc) is 3.04. The molecule has 0 saturated heterocycles. The number of aromatic nitrogens is 3. The summed E-state index contributed by atoms with van der Waals surface area (Å²) in [6, 6.07) is 8.03. The Kier molecular flexibility index (Phi) is 4.98. The molecule has 3 rings (SSSR count). The van der Waals surface area contributed by atoms with E-state index in [1.54, 1.807) is 6.92 Å². The molecule has 148 valence electrons. The van der Waals surface area contributed by atoms with E-state index in [1.165, 1.54) is 36.5 Å². The molecule has 0 radical (unpaired) electrons. The van der Waals surface area contributed by atoms with Crippen molar-refractivity contribution in [3.05, 3.63) is 48.3 Å². The predicted octanol–water partition coefficient (Wildman–Crippen LogP) is 2.80. The van der Waals surface area contributed by atoms with Gasteiger partial charge in [0.15, 0.2) is 17.1 Å². The van der Waals surface area contributed by atoms with Gasteiger partial charge in [-0.1, -0.05) is 12.1 Å². The van der Waals surface area contributed by atoms with Crippen LogP contribution in [0.5, 0.6) is 5.75 Å². The van der Waals surface area contributed by atoms with Crippen LogP contribution in [0.1, 0.15) is 17.4 Å². The van der Waals surface area contributed by atoms with E-state index in [4.69, 9.17) is 4.74 Å². The zero-order valence-electron chi connectivity index (χ0n) is 14.2. The molecule has 3 aromatic rings. The van der Waals surface area contributed by atoms with E-state index in [-0.39, 0.29) is 29.2 Å². The van der Waals surface area contributed by atoms with Crippen LogP contribution in [-0.2, 0) is 14.9 Å². The fraction of sp³-hybridized carbons (Fsp3) is 0.188. The Morgan fingerprint density at radius 3 is 2.57 bits per heavy atom. The third kappa shape index (κ3) is 3.63. The molecule has 0 aliphatic rings. The Morgan fingerprint density at radius 2 is 1.89 bits per heavy atom. The molecule has 28 heavy (non-hydrogen) atoms. The number of hydrogen-bond donors (Lipinski definition) is 0. The smallest absolute Gasteiger partial charge is 0.461 e. The summed E-state index contributed by atoms with van der Waals surface area (Å²) < 4.78 is 70.9. The normalized spacial score (nSPS) is 12.1. The van der Waals surface area contributed by atoms with Crippen LogP contribution in [-0.4, -0.2) is 41.1 Å². The molecule has 0 N–H and O–H groups in total. The second-order valence-electron chi connectivity index (χ2n) is 5.33. The molecule has 0 aliphatic carbocycles. The molecule has 1 aromatic carbocycles. The van der Waals surface area contributed by atoms with Crippen molar-refractivity contribution in [3.63, 3.8) is 0 Å². The van der Waals surface area contributed by atoms with Crippen molar-refractivity contribution in [2.24, 2.45) is 0 Å². The summed E-state index contributed by atoms with van der Waals surface area (Å²) in [6.45, 7) is 1.74. The van der Waals surface area contributed by atoms with E-state index in [1.807, 2.05) is 0 Å². The summed E-state index contributed by atoms with van der Waals surface area (Å²) in [5, 5.41) is 4.16. The van der Waals surface area contributed by atoms with Gasteiger partial charge in [-0.05, 0) is 31.2 Å². The molecule has 12 heteroatoms. The minimum absolute atomic E-state index is 0.0000116. The first-order chi connectivity index (χ1) is 13.1. The van der Waals surface area contributed by atoms with Crippen molar-refractivity contribution in [2.45, 2.75) is 12.4 Å². The van der Waals surface area contributed by atoms with Crippen LogP contribution in [0.15, 0.2) is 42.6 Å². The van der Waals surface area contributed by atoms with Gasteiger partial charge in [0.1, 0.15) is 0 Å². The lowest BCUT2D eigenvalue weighted by molar-refractivity contribution is -0.0499. The summed E-state index contributed by atoms with van der Waals surface area (Å²) >= 11 is 0. The largest absolute Gasteiger partial charge is 0.534 e. The van der Waals surface area contributed by atoms with E-state index in [9.17, 15) is 26.4 Å². The molecule has 0 amide bonds. The minimum atomic E-state index is -5.86. The lowest BCUT2D eigenvalue weighted by Crippen LogP contribution is -2.28. The van der Waals surface area contributed by atoms with Crippen LogP contribution in [0.4, 0.5) is 13.2 Å². The number of carbonyl (C=O) groups excluding carboxylic acids is 1. The molecule has 0 atom stereocenters. The Morgan fingerprint density at radius 1 is 1.18 bits per heavy atom. The summed E-state index contributed by atoms with van der Waals surface area (Å²) in [5.41, 5.74) is -5.27. The van der Waals surface area contributed by atoms with Crippen LogP contribution in [0.2, 0.25) is 0 Å². The number of hydrogen-bond acceptors (Lipinski definition) is 7. The summed E-state index contributed by atoms with van der Waals surface area (Å²) in [6.07, 6.45) is 1.24. The highest BCUT2D eigenvalue weighted by molar-refractivity contribution is 7.88. The summed E-state index contributed by atoms with van der Waals surface area (Å²) in [4.78, 5) is 16.0. The van der Waals surface area contributed by atoms with Gasteiger partial charge >= 0.3 is 21.6 Å². The molecule has 0 aliphatic heterocycles. The first-order valence-electron chi connectivity index (χ1n) is 7.76. The highest BCUT2D eigenvalue weighted by Gasteiger charge is 2.48. The number of rotatable bonds is 5. The number of para-hydroxylation sites is 1. The van der Waals surface area contributed by atoms with Crippen molar-refractivity contribution < 1.29 is 35.3 Å². The third-order valence-corrected chi connectivity index (χ3v) is 4.46. The number of imidazole rings is 1. The number of benzene rings is 1. The molecule has 0 bridgehead atoms. The van der Waals surface area contributed by atoms with E-state index in [0.29, 0.717) is 0 Å². The van der Waals surface area contributed by atoms with E-state index < -0.39 is 27.3 Å². The first-order valence-corrected chi connectivity index (χ1v) is 9.17. The SMILES string of the molecule is CCOC(=O)c1cnc2ccc(-c3ccccc3OS(=O)(=O)C(F)(F)F)nn12. The van der Waals surface area contributed by atoms with Crippen molar-refractivity contribution in [1.29, 1.82) is 0 Å². The van der Waals surface area contributed by atoms with Crippen LogP contribution in [0.3, 0.4) is 0 Å². The molecule has 0 fully saturated rings. The molecular weight excluding hydrogens is 403 g/mol. The molecule has 0 saturated carbocycles. The Balaban J connectivity index is 2.09. The van der Waals surface area contributed by atoms with Gasteiger partial charge < -0.3 is 8.92 Å². The number of fused-ring (bicyclic) bond motifs is 1. The Labute approximate surface area is 156 Å². The number of alkyl halides is 3. The predicted molar refractivity (Wildman–Crippen MR) is 90.0 cm³/mol. The van der Waals surface area contributed by atoms with Gasteiger partial charge in [0.25, 0.3) is 0 Å². The quantitative estimate of drug-likeness (QED) is 0.359. The number of ether oxygens (including phenoxy) is 1. The number of esters is 1. The zero-order chi connectivity index (χ0) is 20.5. The maximum atomic E-state index is 12.6. The van der Waals surface area contributed by atoms with Gasteiger partial charge in [0.05, 0.1) is 18.5 Å². The molecule has 8 nitrogen and oxygen atoms in total. The maximum Gasteiger partial charge on any atom is 0.534 e. The summed E-state index contributed by atoms with van der Waals surface area (Å²) in [5.74, 6) is -1.26. The fourth-order valence-electron chi connectivity index (χ4n) is 2.28. The topological polar surface area (TPSA) is 99.9 Å². The third-order valence-electron chi connectivity index (χ3n) is 3.49. The van der Waals surface area contributed by atoms with Crippen LogP contribution in [0.25, 0.3) is 16.9 Å². The second kappa shape index (κ2) is 7.11. The van der Waals surface area contributed by atoms with Crippen LogP contribution in [0, 0.1) is 0 Å². The molecule has 0 unspecified atom stereocenters. The van der Waals surface area contributed by atoms with Crippen LogP contribution < -0.4 is 4.18 Å².